The number of nitrogens with zero attached hydrogens (tertiary/aromatic N) is 3. The first-order valence-electron chi connectivity index (χ1n) is 7.64. The SMILES string of the molecule is CCN(C(=O)c1cc([N+](=O)[O-])ccc1Cl)C(C)c1ccc(C#N)cc1. The van der Waals surface area contributed by atoms with Crippen LogP contribution in [0.5, 0.6) is 0 Å². The number of carbonyl (C=O) groups excluding carboxylic acids is 1. The molecular weight excluding hydrogens is 342 g/mol. The van der Waals surface area contributed by atoms with Crippen molar-refractivity contribution in [2.75, 3.05) is 6.54 Å². The maximum absolute atomic E-state index is 12.9. The summed E-state index contributed by atoms with van der Waals surface area (Å²) in [5.41, 5.74) is 1.30. The normalized spacial score (nSPS) is 11.4. The fraction of sp³-hybridized carbons (Fsp3) is 0.222. The Morgan fingerprint density at radius 3 is 2.48 bits per heavy atom. The molecule has 0 aliphatic carbocycles. The van der Waals surface area contributed by atoms with Gasteiger partial charge in [-0.05, 0) is 37.6 Å². The highest BCUT2D eigenvalue weighted by Gasteiger charge is 2.24. The smallest absolute Gasteiger partial charge is 0.270 e. The van der Waals surface area contributed by atoms with E-state index >= 15 is 0 Å². The lowest BCUT2D eigenvalue weighted by molar-refractivity contribution is -0.384. The summed E-state index contributed by atoms with van der Waals surface area (Å²) in [6, 6.07) is 12.5. The van der Waals surface area contributed by atoms with E-state index in [-0.39, 0.29) is 28.2 Å². The van der Waals surface area contributed by atoms with Gasteiger partial charge in [0.1, 0.15) is 0 Å². The molecular formula is C18H16ClN3O3. The van der Waals surface area contributed by atoms with Gasteiger partial charge in [-0.25, -0.2) is 0 Å². The summed E-state index contributed by atoms with van der Waals surface area (Å²) in [4.78, 5) is 24.8. The predicted octanol–water partition coefficient (Wildman–Crippen LogP) is 4.34. The number of non-ortho nitro benzene ring substituents is 1. The number of nitriles is 1. The van der Waals surface area contributed by atoms with Gasteiger partial charge in [-0.15, -0.1) is 0 Å². The Labute approximate surface area is 150 Å². The molecule has 0 radical (unpaired) electrons. The van der Waals surface area contributed by atoms with Gasteiger partial charge in [0.15, 0.2) is 0 Å². The highest BCUT2D eigenvalue weighted by molar-refractivity contribution is 6.33. The van der Waals surface area contributed by atoms with Gasteiger partial charge in [0, 0.05) is 18.7 Å². The Morgan fingerprint density at radius 1 is 1.32 bits per heavy atom. The van der Waals surface area contributed by atoms with Gasteiger partial charge in [0.05, 0.1) is 33.2 Å². The van der Waals surface area contributed by atoms with E-state index in [1.165, 1.54) is 18.2 Å². The molecule has 0 saturated heterocycles. The number of amides is 1. The van der Waals surface area contributed by atoms with E-state index in [1.54, 1.807) is 29.2 Å². The minimum atomic E-state index is -0.562. The molecule has 25 heavy (non-hydrogen) atoms. The summed E-state index contributed by atoms with van der Waals surface area (Å²) < 4.78 is 0. The number of hydrogen-bond donors (Lipinski definition) is 0. The van der Waals surface area contributed by atoms with Crippen LogP contribution >= 0.6 is 11.6 Å². The molecule has 6 nitrogen and oxygen atoms in total. The summed E-state index contributed by atoms with van der Waals surface area (Å²) in [5, 5.41) is 20.0. The van der Waals surface area contributed by atoms with Crippen molar-refractivity contribution >= 4 is 23.2 Å². The molecule has 128 valence electrons. The van der Waals surface area contributed by atoms with Gasteiger partial charge in [-0.1, -0.05) is 23.7 Å². The number of halogens is 1. The summed E-state index contributed by atoms with van der Waals surface area (Å²) >= 11 is 6.08. The molecule has 1 amide bonds. The van der Waals surface area contributed by atoms with E-state index < -0.39 is 4.92 Å². The van der Waals surface area contributed by atoms with Crippen molar-refractivity contribution in [1.82, 2.24) is 4.90 Å². The zero-order valence-electron chi connectivity index (χ0n) is 13.8. The number of nitro benzene ring substituents is 1. The van der Waals surface area contributed by atoms with Gasteiger partial charge in [0.25, 0.3) is 11.6 Å². The molecule has 0 aliphatic heterocycles. The average Bonchev–Trinajstić information content (AvgIpc) is 2.62. The lowest BCUT2D eigenvalue weighted by Crippen LogP contribution is -2.33. The first kappa shape index (κ1) is 18.4. The molecule has 2 rings (SSSR count). The number of hydrogen-bond acceptors (Lipinski definition) is 4. The Hall–Kier alpha value is -2.91. The van der Waals surface area contributed by atoms with Crippen molar-refractivity contribution in [3.8, 4) is 6.07 Å². The minimum Gasteiger partial charge on any atom is -0.332 e. The van der Waals surface area contributed by atoms with Crippen molar-refractivity contribution in [1.29, 1.82) is 5.26 Å². The van der Waals surface area contributed by atoms with Crippen molar-refractivity contribution in [2.24, 2.45) is 0 Å². The van der Waals surface area contributed by atoms with Gasteiger partial charge >= 0.3 is 0 Å². The van der Waals surface area contributed by atoms with E-state index in [2.05, 4.69) is 0 Å². The van der Waals surface area contributed by atoms with E-state index in [9.17, 15) is 14.9 Å². The van der Waals surface area contributed by atoms with Crippen molar-refractivity contribution in [3.05, 3.63) is 74.3 Å². The van der Waals surface area contributed by atoms with E-state index in [4.69, 9.17) is 16.9 Å². The summed E-state index contributed by atoms with van der Waals surface area (Å²) in [6.07, 6.45) is 0. The first-order chi connectivity index (χ1) is 11.9. The van der Waals surface area contributed by atoms with Crippen LogP contribution in [0.1, 0.15) is 41.4 Å². The molecule has 0 heterocycles. The monoisotopic (exact) mass is 357 g/mol. The zero-order valence-corrected chi connectivity index (χ0v) is 14.5. The van der Waals surface area contributed by atoms with Crippen LogP contribution in [-0.4, -0.2) is 22.3 Å². The predicted molar refractivity (Wildman–Crippen MR) is 94.4 cm³/mol. The van der Waals surface area contributed by atoms with Crippen molar-refractivity contribution < 1.29 is 9.72 Å². The van der Waals surface area contributed by atoms with Crippen LogP contribution in [0.2, 0.25) is 5.02 Å². The second-order valence-corrected chi connectivity index (χ2v) is 5.83. The minimum absolute atomic E-state index is 0.0956. The molecule has 2 aromatic carbocycles. The zero-order chi connectivity index (χ0) is 18.6. The lowest BCUT2D eigenvalue weighted by Gasteiger charge is -2.29. The van der Waals surface area contributed by atoms with Crippen LogP contribution in [0.25, 0.3) is 0 Å². The number of benzene rings is 2. The molecule has 0 aromatic heterocycles. The maximum atomic E-state index is 12.9. The molecule has 1 unspecified atom stereocenters. The van der Waals surface area contributed by atoms with Crippen LogP contribution in [0, 0.1) is 21.4 Å². The summed E-state index contributed by atoms with van der Waals surface area (Å²) in [6.45, 7) is 4.08. The molecule has 0 N–H and O–H groups in total. The van der Waals surface area contributed by atoms with Gasteiger partial charge in [-0.2, -0.15) is 5.26 Å². The first-order valence-corrected chi connectivity index (χ1v) is 8.01. The molecule has 1 atom stereocenters. The highest BCUT2D eigenvalue weighted by Crippen LogP contribution is 2.27. The largest absolute Gasteiger partial charge is 0.332 e. The molecule has 0 bridgehead atoms. The summed E-state index contributed by atoms with van der Waals surface area (Å²) in [5.74, 6) is -0.381. The van der Waals surface area contributed by atoms with Crippen LogP contribution in [0.15, 0.2) is 42.5 Å². The van der Waals surface area contributed by atoms with Crippen LogP contribution in [0.4, 0.5) is 5.69 Å². The lowest BCUT2D eigenvalue weighted by atomic mass is 10.0. The second-order valence-electron chi connectivity index (χ2n) is 5.42. The van der Waals surface area contributed by atoms with Gasteiger partial charge < -0.3 is 4.90 Å². The second kappa shape index (κ2) is 7.77. The Morgan fingerprint density at radius 2 is 1.96 bits per heavy atom. The van der Waals surface area contributed by atoms with Crippen LogP contribution in [0.3, 0.4) is 0 Å². The quantitative estimate of drug-likeness (QED) is 0.588. The van der Waals surface area contributed by atoms with Gasteiger partial charge in [-0.3, -0.25) is 14.9 Å². The van der Waals surface area contributed by atoms with Crippen LogP contribution in [-0.2, 0) is 0 Å². The third-order valence-corrected chi connectivity index (χ3v) is 4.31. The highest BCUT2D eigenvalue weighted by atomic mass is 35.5. The molecule has 0 spiro atoms. The van der Waals surface area contributed by atoms with E-state index in [0.29, 0.717) is 12.1 Å². The van der Waals surface area contributed by atoms with E-state index in [0.717, 1.165) is 5.56 Å². The van der Waals surface area contributed by atoms with Gasteiger partial charge in [0.2, 0.25) is 0 Å². The fourth-order valence-electron chi connectivity index (χ4n) is 2.55. The number of carbonyl (C=O) groups is 1. The molecule has 0 aliphatic rings. The molecule has 7 heteroatoms. The standard InChI is InChI=1S/C18H16ClN3O3/c1-3-21(12(2)14-6-4-13(11-20)5-7-14)18(23)16-10-15(22(24)25)8-9-17(16)19/h4-10,12H,3H2,1-2H3. The topological polar surface area (TPSA) is 87.2 Å². The Balaban J connectivity index is 2.36. The molecule has 2 aromatic rings. The number of nitro groups is 1. The average molecular weight is 358 g/mol. The third-order valence-electron chi connectivity index (χ3n) is 3.98. The van der Waals surface area contributed by atoms with Crippen LogP contribution < -0.4 is 0 Å². The Bertz CT molecular complexity index is 844. The van der Waals surface area contributed by atoms with Crippen molar-refractivity contribution in [3.63, 3.8) is 0 Å². The third kappa shape index (κ3) is 3.95. The number of rotatable bonds is 5. The fourth-order valence-corrected chi connectivity index (χ4v) is 2.75. The van der Waals surface area contributed by atoms with Crippen molar-refractivity contribution in [2.45, 2.75) is 19.9 Å². The maximum Gasteiger partial charge on any atom is 0.270 e. The Kier molecular flexibility index (Phi) is 5.73. The van der Waals surface area contributed by atoms with E-state index in [1.807, 2.05) is 19.9 Å². The molecule has 0 fully saturated rings. The summed E-state index contributed by atoms with van der Waals surface area (Å²) in [7, 11) is 0. The molecule has 0 saturated carbocycles.